The fourth-order valence-corrected chi connectivity index (χ4v) is 4.21. The Hall–Kier alpha value is -0.0200. The van der Waals surface area contributed by atoms with Crippen molar-refractivity contribution in [2.24, 2.45) is 4.99 Å². The summed E-state index contributed by atoms with van der Waals surface area (Å²) >= 11 is 3.88. The van der Waals surface area contributed by atoms with Crippen LogP contribution >= 0.6 is 47.1 Å². The maximum absolute atomic E-state index is 4.43. The molecule has 1 aliphatic rings. The number of nitrogens with one attached hydrogen (secondary N) is 2. The van der Waals surface area contributed by atoms with Crippen molar-refractivity contribution in [3.05, 3.63) is 16.1 Å². The van der Waals surface area contributed by atoms with E-state index in [4.69, 9.17) is 0 Å². The summed E-state index contributed by atoms with van der Waals surface area (Å²) in [6, 6.07) is 0. The summed E-state index contributed by atoms with van der Waals surface area (Å²) in [7, 11) is 1.83. The number of rotatable bonds is 6. The number of halogens is 1. The second-order valence-corrected chi connectivity index (χ2v) is 7.45. The second-order valence-electron chi connectivity index (χ2n) is 4.84. The number of thiazole rings is 1. The summed E-state index contributed by atoms with van der Waals surface area (Å²) in [6.45, 7) is 4.07. The van der Waals surface area contributed by atoms with Gasteiger partial charge in [-0.25, -0.2) is 4.98 Å². The first kappa shape index (κ1) is 19.0. The summed E-state index contributed by atoms with van der Waals surface area (Å²) in [5.74, 6) is 2.21. The van der Waals surface area contributed by atoms with Crippen molar-refractivity contribution in [1.82, 2.24) is 15.6 Å². The van der Waals surface area contributed by atoms with Crippen LogP contribution in [0.5, 0.6) is 0 Å². The SMILES string of the molecule is CCc1cnc(CCNC(=NC)NCC2CCCS2)s1.I. The average molecular weight is 440 g/mol. The van der Waals surface area contributed by atoms with Gasteiger partial charge in [-0.15, -0.1) is 35.3 Å². The maximum Gasteiger partial charge on any atom is 0.191 e. The van der Waals surface area contributed by atoms with Gasteiger partial charge in [0.05, 0.1) is 5.01 Å². The van der Waals surface area contributed by atoms with Crippen LogP contribution in [0.25, 0.3) is 0 Å². The fraction of sp³-hybridized carbons (Fsp3) is 0.714. The molecule has 0 bridgehead atoms. The Kier molecular flexibility index (Phi) is 9.66. The molecule has 0 saturated carbocycles. The van der Waals surface area contributed by atoms with Gasteiger partial charge in [0.15, 0.2) is 5.96 Å². The highest BCUT2D eigenvalue weighted by atomic mass is 127. The van der Waals surface area contributed by atoms with E-state index in [1.807, 2.05) is 24.6 Å². The van der Waals surface area contributed by atoms with Crippen LogP contribution in [0.2, 0.25) is 0 Å². The van der Waals surface area contributed by atoms with Gasteiger partial charge in [0.2, 0.25) is 0 Å². The Bertz CT molecular complexity index is 430. The van der Waals surface area contributed by atoms with Crippen LogP contribution in [0.15, 0.2) is 11.2 Å². The first-order valence-corrected chi connectivity index (χ1v) is 9.18. The van der Waals surface area contributed by atoms with Crippen molar-refractivity contribution in [2.45, 2.75) is 37.9 Å². The summed E-state index contributed by atoms with van der Waals surface area (Å²) in [6.07, 6.45) is 6.71. The monoisotopic (exact) mass is 440 g/mol. The number of nitrogens with zero attached hydrogens (tertiary/aromatic N) is 2. The van der Waals surface area contributed by atoms with Crippen molar-refractivity contribution in [1.29, 1.82) is 0 Å². The number of guanidine groups is 1. The van der Waals surface area contributed by atoms with Crippen LogP contribution < -0.4 is 10.6 Å². The highest BCUT2D eigenvalue weighted by Gasteiger charge is 2.15. The minimum Gasteiger partial charge on any atom is -0.356 e. The lowest BCUT2D eigenvalue weighted by atomic mass is 10.2. The van der Waals surface area contributed by atoms with Crippen LogP contribution in [-0.4, -0.2) is 42.1 Å². The third-order valence-corrected chi connectivity index (χ3v) is 5.93. The van der Waals surface area contributed by atoms with Crippen molar-refractivity contribution in [2.75, 3.05) is 25.9 Å². The number of hydrogen-bond acceptors (Lipinski definition) is 4. The molecule has 4 nitrogen and oxygen atoms in total. The summed E-state index contributed by atoms with van der Waals surface area (Å²) in [4.78, 5) is 10.1. The molecule has 0 aliphatic carbocycles. The average Bonchev–Trinajstić information content (AvgIpc) is 3.13. The number of thioether (sulfide) groups is 1. The molecule has 1 fully saturated rings. The van der Waals surface area contributed by atoms with Crippen LogP contribution in [0, 0.1) is 0 Å². The molecule has 2 rings (SSSR count). The van der Waals surface area contributed by atoms with Gasteiger partial charge in [0, 0.05) is 42.9 Å². The molecule has 0 aromatic carbocycles. The number of aromatic nitrogens is 1. The van der Waals surface area contributed by atoms with Crippen LogP contribution in [-0.2, 0) is 12.8 Å². The van der Waals surface area contributed by atoms with Gasteiger partial charge in [-0.1, -0.05) is 6.92 Å². The second kappa shape index (κ2) is 10.7. The van der Waals surface area contributed by atoms with E-state index in [-0.39, 0.29) is 24.0 Å². The fourth-order valence-electron chi connectivity index (χ4n) is 2.15. The highest BCUT2D eigenvalue weighted by molar-refractivity contribution is 14.0. The largest absolute Gasteiger partial charge is 0.356 e. The third-order valence-electron chi connectivity index (χ3n) is 3.33. The molecule has 120 valence electrons. The molecule has 2 heterocycles. The Morgan fingerprint density at radius 3 is 2.95 bits per heavy atom. The lowest BCUT2D eigenvalue weighted by molar-refractivity contribution is 0.724. The van der Waals surface area contributed by atoms with Gasteiger partial charge in [-0.05, 0) is 25.0 Å². The van der Waals surface area contributed by atoms with Crippen molar-refractivity contribution in [3.8, 4) is 0 Å². The Morgan fingerprint density at radius 1 is 1.48 bits per heavy atom. The number of aryl methyl sites for hydroxylation is 1. The highest BCUT2D eigenvalue weighted by Crippen LogP contribution is 2.25. The number of aliphatic imine (C=N–C) groups is 1. The third kappa shape index (κ3) is 6.73. The van der Waals surface area contributed by atoms with E-state index in [0.29, 0.717) is 0 Å². The lowest BCUT2D eigenvalue weighted by Gasteiger charge is -2.14. The molecule has 0 spiro atoms. The predicted molar refractivity (Wildman–Crippen MR) is 105 cm³/mol. The van der Waals surface area contributed by atoms with Gasteiger partial charge >= 0.3 is 0 Å². The maximum atomic E-state index is 4.43. The van der Waals surface area contributed by atoms with Crippen LogP contribution in [0.1, 0.15) is 29.7 Å². The molecule has 1 aromatic rings. The quantitative estimate of drug-likeness (QED) is 0.406. The molecule has 2 N–H and O–H groups in total. The lowest BCUT2D eigenvalue weighted by Crippen LogP contribution is -2.40. The Labute approximate surface area is 153 Å². The first-order valence-electron chi connectivity index (χ1n) is 7.31. The summed E-state index contributed by atoms with van der Waals surface area (Å²) < 4.78 is 0. The molecule has 1 aromatic heterocycles. The molecular weight excluding hydrogens is 415 g/mol. The van der Waals surface area contributed by atoms with Gasteiger partial charge < -0.3 is 10.6 Å². The topological polar surface area (TPSA) is 49.3 Å². The Balaban J connectivity index is 0.00000220. The van der Waals surface area contributed by atoms with Crippen LogP contribution in [0.4, 0.5) is 0 Å². The number of hydrogen-bond donors (Lipinski definition) is 2. The van der Waals surface area contributed by atoms with E-state index in [9.17, 15) is 0 Å². The zero-order valence-electron chi connectivity index (χ0n) is 12.7. The molecule has 1 unspecified atom stereocenters. The molecule has 0 radical (unpaired) electrons. The predicted octanol–water partition coefficient (Wildman–Crippen LogP) is 2.93. The van der Waals surface area contributed by atoms with E-state index >= 15 is 0 Å². The van der Waals surface area contributed by atoms with Crippen LogP contribution in [0.3, 0.4) is 0 Å². The van der Waals surface area contributed by atoms with Gasteiger partial charge in [0.25, 0.3) is 0 Å². The molecule has 21 heavy (non-hydrogen) atoms. The smallest absolute Gasteiger partial charge is 0.191 e. The van der Waals surface area contributed by atoms with E-state index in [1.165, 1.54) is 28.5 Å². The van der Waals surface area contributed by atoms with Gasteiger partial charge in [0.1, 0.15) is 0 Å². The molecule has 7 heteroatoms. The van der Waals surface area contributed by atoms with Gasteiger partial charge in [-0.2, -0.15) is 11.8 Å². The molecule has 1 saturated heterocycles. The van der Waals surface area contributed by atoms with E-state index in [0.717, 1.165) is 37.1 Å². The van der Waals surface area contributed by atoms with E-state index in [2.05, 4.69) is 39.3 Å². The molecule has 0 amide bonds. The first-order chi connectivity index (χ1) is 9.81. The zero-order valence-corrected chi connectivity index (χ0v) is 16.7. The summed E-state index contributed by atoms with van der Waals surface area (Å²) in [5.41, 5.74) is 0. The van der Waals surface area contributed by atoms with Crippen molar-refractivity contribution in [3.63, 3.8) is 0 Å². The molecular formula is C14H25IN4S2. The normalized spacial score (nSPS) is 18.4. The minimum atomic E-state index is 0. The zero-order chi connectivity index (χ0) is 14.2. The standard InChI is InChI=1S/C14H24N4S2.HI/c1-3-11-9-17-13(20-11)6-7-16-14(15-2)18-10-12-5-4-8-19-12;/h9,12H,3-8,10H2,1-2H3,(H2,15,16,18);1H. The van der Waals surface area contributed by atoms with E-state index in [1.54, 1.807) is 0 Å². The van der Waals surface area contributed by atoms with Crippen molar-refractivity contribution >= 4 is 53.0 Å². The molecule has 1 aliphatic heterocycles. The Morgan fingerprint density at radius 2 is 2.33 bits per heavy atom. The van der Waals surface area contributed by atoms with Gasteiger partial charge in [-0.3, -0.25) is 4.99 Å². The minimum absolute atomic E-state index is 0. The van der Waals surface area contributed by atoms with Crippen molar-refractivity contribution < 1.29 is 0 Å². The summed E-state index contributed by atoms with van der Waals surface area (Å²) in [5, 5.41) is 8.73. The molecule has 1 atom stereocenters. The van der Waals surface area contributed by atoms with E-state index < -0.39 is 0 Å².